The molecule has 2 atom stereocenters. The highest BCUT2D eigenvalue weighted by atomic mass is 19.1. The summed E-state index contributed by atoms with van der Waals surface area (Å²) in [5.41, 5.74) is 0.826. The van der Waals surface area contributed by atoms with Gasteiger partial charge in [-0.25, -0.2) is 9.18 Å². The number of hydrogen-bond donors (Lipinski definition) is 1. The van der Waals surface area contributed by atoms with Crippen LogP contribution in [-0.4, -0.2) is 41.3 Å². The number of likely N-dealkylation sites (tertiary alicyclic amines) is 1. The van der Waals surface area contributed by atoms with Crippen molar-refractivity contribution >= 4 is 12.1 Å². The molecule has 1 amide bonds. The molecule has 0 aromatic heterocycles. The first-order valence-electron chi connectivity index (χ1n) is 6.38. The van der Waals surface area contributed by atoms with Gasteiger partial charge in [0.1, 0.15) is 13.3 Å². The average Bonchev–Trinajstić information content (AvgIpc) is 2.90. The summed E-state index contributed by atoms with van der Waals surface area (Å²) in [6, 6.07) is 8.41. The Morgan fingerprint density at radius 3 is 2.65 bits per heavy atom. The van der Waals surface area contributed by atoms with Crippen molar-refractivity contribution in [2.45, 2.75) is 19.1 Å². The first kappa shape index (κ1) is 14.3. The van der Waals surface area contributed by atoms with Crippen molar-refractivity contribution in [2.75, 3.05) is 13.2 Å². The number of carbonyl (C=O) groups excluding carboxylic acids is 1. The summed E-state index contributed by atoms with van der Waals surface area (Å²) >= 11 is 0. The maximum absolute atomic E-state index is 12.9. The van der Waals surface area contributed by atoms with E-state index in [9.17, 15) is 14.0 Å². The Morgan fingerprint density at radius 1 is 1.35 bits per heavy atom. The van der Waals surface area contributed by atoms with Crippen LogP contribution in [0.3, 0.4) is 0 Å². The molecule has 1 N–H and O–H groups in total. The van der Waals surface area contributed by atoms with Crippen LogP contribution < -0.4 is 0 Å². The number of carbonyl (C=O) groups is 2. The lowest BCUT2D eigenvalue weighted by molar-refractivity contribution is -0.141. The summed E-state index contributed by atoms with van der Waals surface area (Å²) in [6.07, 6.45) is -0.535. The highest BCUT2D eigenvalue weighted by Crippen LogP contribution is 2.25. The number of halogens is 1. The molecule has 20 heavy (non-hydrogen) atoms. The molecule has 0 radical (unpaired) electrons. The predicted octanol–water partition coefficient (Wildman–Crippen LogP) is 2.07. The molecule has 1 fully saturated rings. The smallest absolute Gasteiger partial charge is 0.410 e. The van der Waals surface area contributed by atoms with E-state index < -0.39 is 30.7 Å². The number of hydrogen-bond acceptors (Lipinski definition) is 3. The molecule has 0 unspecified atom stereocenters. The summed E-state index contributed by atoms with van der Waals surface area (Å²) in [7, 11) is 0. The zero-order valence-corrected chi connectivity index (χ0v) is 10.9. The molecule has 1 aromatic rings. The van der Waals surface area contributed by atoms with Gasteiger partial charge in [-0.05, 0) is 12.0 Å². The van der Waals surface area contributed by atoms with Crippen LogP contribution in [-0.2, 0) is 16.1 Å². The molecule has 0 bridgehead atoms. The Balaban J connectivity index is 1.92. The standard InChI is InChI=1S/C14H16FNO4/c15-7-12-6-11(13(17)18)8-16(12)14(19)20-9-10-4-2-1-3-5-10/h1-5,11-12H,6-9H2,(H,17,18)/t11-,12-/m1/s1. The van der Waals surface area contributed by atoms with E-state index in [1.54, 1.807) is 0 Å². The van der Waals surface area contributed by atoms with Crippen molar-refractivity contribution in [2.24, 2.45) is 5.92 Å². The predicted molar refractivity (Wildman–Crippen MR) is 68.8 cm³/mol. The Hall–Kier alpha value is -2.11. The molecular formula is C14H16FNO4. The van der Waals surface area contributed by atoms with Crippen LogP contribution in [0.5, 0.6) is 0 Å². The molecule has 0 saturated carbocycles. The largest absolute Gasteiger partial charge is 0.481 e. The molecule has 2 rings (SSSR count). The van der Waals surface area contributed by atoms with Crippen molar-refractivity contribution in [3.63, 3.8) is 0 Å². The van der Waals surface area contributed by atoms with Crippen LogP contribution in [0.2, 0.25) is 0 Å². The van der Waals surface area contributed by atoms with Crippen molar-refractivity contribution in [3.05, 3.63) is 35.9 Å². The van der Waals surface area contributed by atoms with Gasteiger partial charge in [0.25, 0.3) is 0 Å². The molecule has 1 aliphatic rings. The number of carboxylic acids is 1. The molecule has 1 saturated heterocycles. The molecule has 6 heteroatoms. The van der Waals surface area contributed by atoms with E-state index in [0.717, 1.165) is 5.56 Å². The van der Waals surface area contributed by atoms with Crippen molar-refractivity contribution in [3.8, 4) is 0 Å². The highest BCUT2D eigenvalue weighted by molar-refractivity contribution is 5.74. The Morgan fingerprint density at radius 2 is 2.05 bits per heavy atom. The molecule has 1 heterocycles. The van der Waals surface area contributed by atoms with Crippen LogP contribution >= 0.6 is 0 Å². The van der Waals surface area contributed by atoms with Gasteiger partial charge in [-0.3, -0.25) is 4.79 Å². The number of rotatable bonds is 4. The lowest BCUT2D eigenvalue weighted by atomic mass is 10.1. The lowest BCUT2D eigenvalue weighted by Crippen LogP contribution is -2.37. The molecule has 108 valence electrons. The molecule has 0 spiro atoms. The van der Waals surface area contributed by atoms with Gasteiger partial charge in [0, 0.05) is 6.54 Å². The van der Waals surface area contributed by atoms with Gasteiger partial charge in [-0.1, -0.05) is 30.3 Å². The summed E-state index contributed by atoms with van der Waals surface area (Å²) in [6.45, 7) is -0.672. The van der Waals surface area contributed by atoms with E-state index >= 15 is 0 Å². The van der Waals surface area contributed by atoms with E-state index in [-0.39, 0.29) is 19.6 Å². The SMILES string of the molecule is O=C(O)[C@@H]1C[C@H](CF)N(C(=O)OCc2ccccc2)C1. The van der Waals surface area contributed by atoms with E-state index in [0.29, 0.717) is 0 Å². The summed E-state index contributed by atoms with van der Waals surface area (Å²) < 4.78 is 18.0. The quantitative estimate of drug-likeness (QED) is 0.917. The Labute approximate surface area is 116 Å². The molecule has 0 aliphatic carbocycles. The van der Waals surface area contributed by atoms with Gasteiger partial charge in [0.15, 0.2) is 0 Å². The van der Waals surface area contributed by atoms with Crippen LogP contribution in [0, 0.1) is 5.92 Å². The lowest BCUT2D eigenvalue weighted by Gasteiger charge is -2.21. The summed E-state index contributed by atoms with van der Waals surface area (Å²) in [4.78, 5) is 24.0. The van der Waals surface area contributed by atoms with E-state index in [1.807, 2.05) is 30.3 Å². The monoisotopic (exact) mass is 281 g/mol. The van der Waals surface area contributed by atoms with Crippen molar-refractivity contribution in [1.29, 1.82) is 0 Å². The second-order valence-electron chi connectivity index (χ2n) is 4.77. The van der Waals surface area contributed by atoms with Crippen molar-refractivity contribution < 1.29 is 23.8 Å². The minimum absolute atomic E-state index is 0.00244. The topological polar surface area (TPSA) is 66.8 Å². The number of ether oxygens (including phenoxy) is 1. The van der Waals surface area contributed by atoms with Crippen LogP contribution in [0.15, 0.2) is 30.3 Å². The number of alkyl halides is 1. The molecule has 1 aliphatic heterocycles. The summed E-state index contributed by atoms with van der Waals surface area (Å²) in [5.74, 6) is -1.73. The Kier molecular flexibility index (Phi) is 4.55. The maximum atomic E-state index is 12.9. The minimum Gasteiger partial charge on any atom is -0.481 e. The second-order valence-corrected chi connectivity index (χ2v) is 4.77. The molecular weight excluding hydrogens is 265 g/mol. The minimum atomic E-state index is -1.01. The number of nitrogens with zero attached hydrogens (tertiary/aromatic N) is 1. The fourth-order valence-corrected chi connectivity index (χ4v) is 2.27. The van der Waals surface area contributed by atoms with Crippen LogP contribution in [0.1, 0.15) is 12.0 Å². The first-order chi connectivity index (χ1) is 9.61. The number of carboxylic acid groups (broad SMARTS) is 1. The van der Waals surface area contributed by atoms with Gasteiger partial charge in [0.2, 0.25) is 0 Å². The van der Waals surface area contributed by atoms with Crippen LogP contribution in [0.25, 0.3) is 0 Å². The van der Waals surface area contributed by atoms with Gasteiger partial charge in [-0.2, -0.15) is 0 Å². The Bertz CT molecular complexity index is 479. The fourth-order valence-electron chi connectivity index (χ4n) is 2.27. The van der Waals surface area contributed by atoms with Crippen LogP contribution in [0.4, 0.5) is 9.18 Å². The van der Waals surface area contributed by atoms with Gasteiger partial charge in [0.05, 0.1) is 12.0 Å². The van der Waals surface area contributed by atoms with E-state index in [1.165, 1.54) is 4.90 Å². The zero-order chi connectivity index (χ0) is 14.5. The van der Waals surface area contributed by atoms with Gasteiger partial charge < -0.3 is 14.7 Å². The normalized spacial score (nSPS) is 21.8. The highest BCUT2D eigenvalue weighted by Gasteiger charge is 2.39. The number of benzene rings is 1. The third-order valence-electron chi connectivity index (χ3n) is 3.38. The van der Waals surface area contributed by atoms with Crippen molar-refractivity contribution in [1.82, 2.24) is 4.90 Å². The third-order valence-corrected chi connectivity index (χ3v) is 3.38. The van der Waals surface area contributed by atoms with E-state index in [4.69, 9.17) is 9.84 Å². The average molecular weight is 281 g/mol. The van der Waals surface area contributed by atoms with Gasteiger partial charge >= 0.3 is 12.1 Å². The molecule has 5 nitrogen and oxygen atoms in total. The number of aliphatic carboxylic acids is 1. The zero-order valence-electron chi connectivity index (χ0n) is 10.9. The second kappa shape index (κ2) is 6.36. The number of amides is 1. The fraction of sp³-hybridized carbons (Fsp3) is 0.429. The van der Waals surface area contributed by atoms with Gasteiger partial charge in [-0.15, -0.1) is 0 Å². The summed E-state index contributed by atoms with van der Waals surface area (Å²) in [5, 5.41) is 8.93. The third kappa shape index (κ3) is 3.26. The maximum Gasteiger partial charge on any atom is 0.410 e. The van der Waals surface area contributed by atoms with E-state index in [2.05, 4.69) is 0 Å². The molecule has 1 aromatic carbocycles. The first-order valence-corrected chi connectivity index (χ1v) is 6.38.